The molecular weight excluding hydrogens is 314 g/mol. The summed E-state index contributed by atoms with van der Waals surface area (Å²) in [5, 5.41) is 0. The Kier molecular flexibility index (Phi) is 4.18. The molecule has 1 spiro atoms. The first-order valence-electron chi connectivity index (χ1n) is 7.90. The molecular formula is C16H23N3O3S. The van der Waals surface area contributed by atoms with E-state index in [-0.39, 0.29) is 10.5 Å². The van der Waals surface area contributed by atoms with E-state index in [0.29, 0.717) is 11.6 Å². The van der Waals surface area contributed by atoms with E-state index in [1.807, 2.05) is 4.90 Å². The Morgan fingerprint density at radius 1 is 1.26 bits per heavy atom. The molecule has 126 valence electrons. The number of rotatable bonds is 2. The van der Waals surface area contributed by atoms with E-state index in [9.17, 15) is 8.42 Å². The van der Waals surface area contributed by atoms with Crippen molar-refractivity contribution in [3.63, 3.8) is 0 Å². The lowest BCUT2D eigenvalue weighted by atomic mass is 9.87. The van der Waals surface area contributed by atoms with Crippen LogP contribution in [-0.2, 0) is 14.6 Å². The highest BCUT2D eigenvalue weighted by molar-refractivity contribution is 7.90. The minimum atomic E-state index is -3.35. The number of aryl methyl sites for hydroxylation is 1. The van der Waals surface area contributed by atoms with Crippen molar-refractivity contribution >= 4 is 15.7 Å². The summed E-state index contributed by atoms with van der Waals surface area (Å²) in [4.78, 5) is 10.7. The van der Waals surface area contributed by atoms with Gasteiger partial charge in [0.2, 0.25) is 0 Å². The third-order valence-electron chi connectivity index (χ3n) is 4.56. The second kappa shape index (κ2) is 5.87. The number of aromatic nitrogens is 2. The molecule has 3 rings (SSSR count). The van der Waals surface area contributed by atoms with E-state index in [2.05, 4.69) is 23.0 Å². The minimum Gasteiger partial charge on any atom is -0.370 e. The number of nitrogens with zero attached hydrogens (tertiary/aromatic N) is 3. The number of anilines is 1. The smallest absolute Gasteiger partial charge is 0.180 e. The highest BCUT2D eigenvalue weighted by atomic mass is 32.2. The molecule has 0 bridgehead atoms. The molecule has 1 aromatic heterocycles. The van der Waals surface area contributed by atoms with E-state index >= 15 is 0 Å². The number of sulfone groups is 1. The summed E-state index contributed by atoms with van der Waals surface area (Å²) in [5.41, 5.74) is 1.19. The molecule has 1 saturated heterocycles. The van der Waals surface area contributed by atoms with Crippen LogP contribution in [0.5, 0.6) is 0 Å². The molecule has 2 aliphatic heterocycles. The zero-order chi connectivity index (χ0) is 16.7. The van der Waals surface area contributed by atoms with Crippen LogP contribution in [0, 0.1) is 6.92 Å². The van der Waals surface area contributed by atoms with Gasteiger partial charge in [-0.05, 0) is 33.1 Å². The molecule has 6 nitrogen and oxygen atoms in total. The van der Waals surface area contributed by atoms with Crippen LogP contribution in [0.2, 0.25) is 0 Å². The van der Waals surface area contributed by atoms with Crippen LogP contribution >= 0.6 is 0 Å². The lowest BCUT2D eigenvalue weighted by Gasteiger charge is -2.42. The van der Waals surface area contributed by atoms with Crippen molar-refractivity contribution in [1.29, 1.82) is 0 Å². The van der Waals surface area contributed by atoms with Crippen LogP contribution in [-0.4, -0.2) is 49.9 Å². The van der Waals surface area contributed by atoms with Gasteiger partial charge in [0.1, 0.15) is 10.7 Å². The Bertz CT molecular complexity index is 735. The molecule has 0 atom stereocenters. The molecule has 3 heterocycles. The fourth-order valence-corrected chi connectivity index (χ4v) is 4.05. The second-order valence-electron chi connectivity index (χ2n) is 6.52. The second-order valence-corrected chi connectivity index (χ2v) is 8.50. The van der Waals surface area contributed by atoms with Gasteiger partial charge in [-0.3, -0.25) is 0 Å². The van der Waals surface area contributed by atoms with Crippen LogP contribution in [0.4, 0.5) is 5.82 Å². The van der Waals surface area contributed by atoms with Gasteiger partial charge in [0.05, 0.1) is 18.4 Å². The van der Waals surface area contributed by atoms with Gasteiger partial charge < -0.3 is 9.64 Å². The number of hydrogen-bond donors (Lipinski definition) is 0. The van der Waals surface area contributed by atoms with Gasteiger partial charge in [-0.25, -0.2) is 18.4 Å². The quantitative estimate of drug-likeness (QED) is 0.768. The fraction of sp³-hybridized carbons (Fsp3) is 0.625. The minimum absolute atomic E-state index is 0.188. The van der Waals surface area contributed by atoms with Crippen molar-refractivity contribution in [2.45, 2.75) is 43.6 Å². The first-order valence-corrected chi connectivity index (χ1v) is 9.79. The van der Waals surface area contributed by atoms with Gasteiger partial charge in [-0.2, -0.15) is 0 Å². The average Bonchev–Trinajstić information content (AvgIpc) is 2.46. The summed E-state index contributed by atoms with van der Waals surface area (Å²) in [7, 11) is -3.35. The molecule has 0 aromatic carbocycles. The van der Waals surface area contributed by atoms with Crippen molar-refractivity contribution < 1.29 is 13.2 Å². The van der Waals surface area contributed by atoms with Gasteiger partial charge in [0.15, 0.2) is 15.7 Å². The van der Waals surface area contributed by atoms with Crippen LogP contribution < -0.4 is 4.90 Å². The monoisotopic (exact) mass is 337 g/mol. The largest absolute Gasteiger partial charge is 0.370 e. The van der Waals surface area contributed by atoms with Crippen molar-refractivity contribution in [2.75, 3.05) is 30.9 Å². The van der Waals surface area contributed by atoms with Crippen molar-refractivity contribution in [3.05, 3.63) is 23.7 Å². The van der Waals surface area contributed by atoms with E-state index < -0.39 is 9.84 Å². The summed E-state index contributed by atoms with van der Waals surface area (Å²) < 4.78 is 30.0. The Hall–Kier alpha value is -1.47. The molecule has 0 saturated carbocycles. The van der Waals surface area contributed by atoms with Crippen LogP contribution in [0.1, 0.15) is 32.0 Å². The summed E-state index contributed by atoms with van der Waals surface area (Å²) in [5.74, 6) is 1.10. The Labute approximate surface area is 137 Å². The van der Waals surface area contributed by atoms with Crippen molar-refractivity contribution in [1.82, 2.24) is 9.97 Å². The van der Waals surface area contributed by atoms with Gasteiger partial charge in [0.25, 0.3) is 0 Å². The third kappa shape index (κ3) is 3.40. The highest BCUT2D eigenvalue weighted by Crippen LogP contribution is 2.35. The maximum atomic E-state index is 12.0. The molecule has 0 amide bonds. The third-order valence-corrected chi connectivity index (χ3v) is 5.65. The topological polar surface area (TPSA) is 72.4 Å². The lowest BCUT2D eigenvalue weighted by molar-refractivity contribution is -0.0326. The number of hydrogen-bond acceptors (Lipinski definition) is 6. The predicted molar refractivity (Wildman–Crippen MR) is 88.4 cm³/mol. The van der Waals surface area contributed by atoms with Crippen molar-refractivity contribution in [3.8, 4) is 0 Å². The van der Waals surface area contributed by atoms with Gasteiger partial charge in [0, 0.05) is 19.3 Å². The molecule has 23 heavy (non-hydrogen) atoms. The predicted octanol–water partition coefficient (Wildman–Crippen LogP) is 1.89. The first-order chi connectivity index (χ1) is 10.8. The van der Waals surface area contributed by atoms with E-state index in [1.54, 1.807) is 6.92 Å². The van der Waals surface area contributed by atoms with Gasteiger partial charge >= 0.3 is 0 Å². The molecule has 0 N–H and O–H groups in total. The maximum Gasteiger partial charge on any atom is 0.180 e. The normalized spacial score (nSPS) is 21.3. The highest BCUT2D eigenvalue weighted by Gasteiger charge is 2.36. The maximum absolute atomic E-state index is 12.0. The van der Waals surface area contributed by atoms with Crippen molar-refractivity contribution in [2.24, 2.45) is 0 Å². The van der Waals surface area contributed by atoms with E-state index in [4.69, 9.17) is 4.74 Å². The molecule has 1 aromatic rings. The summed E-state index contributed by atoms with van der Waals surface area (Å²) in [6, 6.07) is 0. The summed E-state index contributed by atoms with van der Waals surface area (Å²) in [6.07, 6.45) is 7.55. The molecule has 0 aliphatic carbocycles. The fourth-order valence-electron chi connectivity index (χ4n) is 3.30. The standard InChI is InChI=1S/C16H23N3O3S/c1-12-4-9-22-16(10-12)5-7-19(8-6-16)15-14(23(3,20)21)11-17-13(2)18-15/h10-11H,4-9H2,1-3H3. The summed E-state index contributed by atoms with van der Waals surface area (Å²) in [6.45, 7) is 6.14. The number of piperidine rings is 1. The zero-order valence-electron chi connectivity index (χ0n) is 13.9. The Morgan fingerprint density at radius 3 is 2.57 bits per heavy atom. The first kappa shape index (κ1) is 16.4. The van der Waals surface area contributed by atoms with Gasteiger partial charge in [-0.1, -0.05) is 11.6 Å². The lowest BCUT2D eigenvalue weighted by Crippen LogP contribution is -2.47. The molecule has 0 unspecified atom stereocenters. The van der Waals surface area contributed by atoms with E-state index in [0.717, 1.165) is 39.0 Å². The Balaban J connectivity index is 1.86. The van der Waals surface area contributed by atoms with Crippen LogP contribution in [0.3, 0.4) is 0 Å². The molecule has 0 radical (unpaired) electrons. The number of ether oxygens (including phenoxy) is 1. The summed E-state index contributed by atoms with van der Waals surface area (Å²) >= 11 is 0. The average molecular weight is 337 g/mol. The van der Waals surface area contributed by atoms with Crippen LogP contribution in [0.25, 0.3) is 0 Å². The SMILES string of the molecule is CC1=CC2(CCN(c3nc(C)ncc3S(C)(=O)=O)CC2)OCC1. The Morgan fingerprint density at radius 2 is 1.96 bits per heavy atom. The van der Waals surface area contributed by atoms with E-state index in [1.165, 1.54) is 18.0 Å². The van der Waals surface area contributed by atoms with Crippen LogP contribution in [0.15, 0.2) is 22.7 Å². The van der Waals surface area contributed by atoms with Gasteiger partial charge in [-0.15, -0.1) is 0 Å². The molecule has 1 fully saturated rings. The molecule has 7 heteroatoms. The zero-order valence-corrected chi connectivity index (χ0v) is 14.7. The molecule has 2 aliphatic rings.